The van der Waals surface area contributed by atoms with Crippen molar-refractivity contribution < 1.29 is 0 Å². The van der Waals surface area contributed by atoms with Crippen LogP contribution in [0.2, 0.25) is 0 Å². The number of hydrogen-bond acceptors (Lipinski definition) is 1. The largest absolute Gasteiger partial charge is 0.309 e. The molecule has 2 heteroatoms. The van der Waals surface area contributed by atoms with Gasteiger partial charge < -0.3 is 4.57 Å². The molecule has 0 aliphatic heterocycles. The standard InChI is InChI=1S/C63H39NS/c1-63(2)57-34-51-42-16-6-4-14-40(42)39-13-3-5-15-41(39)49(51)32-53(57)54-33-50-44-18-8-7-17-43(44)48-29-36(23-26-45(48)52(50)35-58(54)63)37-24-27-60-55(30-37)46-19-9-11-21-59(46)64(60)38-25-28-62-56(31-38)47-20-10-12-22-61(47)65-62/h3-35H,1-2H3. The first-order chi connectivity index (χ1) is 32.0. The van der Waals surface area contributed by atoms with E-state index >= 15 is 0 Å². The maximum Gasteiger partial charge on any atom is 0.0541 e. The number of rotatable bonds is 2. The summed E-state index contributed by atoms with van der Waals surface area (Å²) in [7, 11) is 0. The van der Waals surface area contributed by atoms with Crippen LogP contribution >= 0.6 is 11.3 Å². The van der Waals surface area contributed by atoms with E-state index in [1.54, 1.807) is 0 Å². The third-order valence-corrected chi connectivity index (χ3v) is 16.3. The van der Waals surface area contributed by atoms with Crippen molar-refractivity contribution in [3.05, 3.63) is 211 Å². The molecule has 0 bridgehead atoms. The van der Waals surface area contributed by atoms with E-state index in [0.717, 1.165) is 0 Å². The van der Waals surface area contributed by atoms with E-state index in [4.69, 9.17) is 0 Å². The monoisotopic (exact) mass is 841 g/mol. The summed E-state index contributed by atoms with van der Waals surface area (Å²) in [5.41, 5.74) is 11.4. The van der Waals surface area contributed by atoms with Crippen LogP contribution in [0.1, 0.15) is 25.0 Å². The number of hydrogen-bond donors (Lipinski definition) is 0. The summed E-state index contributed by atoms with van der Waals surface area (Å²) in [6, 6.07) is 75.9. The van der Waals surface area contributed by atoms with Crippen LogP contribution in [0, 0.1) is 0 Å². The lowest BCUT2D eigenvalue weighted by Crippen LogP contribution is -2.15. The van der Waals surface area contributed by atoms with E-state index in [0.29, 0.717) is 0 Å². The summed E-state index contributed by atoms with van der Waals surface area (Å²) < 4.78 is 5.10. The minimum Gasteiger partial charge on any atom is -0.309 e. The molecule has 0 spiro atoms. The summed E-state index contributed by atoms with van der Waals surface area (Å²) in [6.45, 7) is 4.85. The molecule has 14 aromatic rings. The van der Waals surface area contributed by atoms with Gasteiger partial charge in [0, 0.05) is 42.0 Å². The van der Waals surface area contributed by atoms with Gasteiger partial charge in [0.05, 0.1) is 11.0 Å². The second kappa shape index (κ2) is 12.7. The molecule has 1 nitrogen and oxygen atoms in total. The predicted octanol–water partition coefficient (Wildman–Crippen LogP) is 18.0. The first kappa shape index (κ1) is 35.7. The molecule has 0 radical (unpaired) electrons. The van der Waals surface area contributed by atoms with Gasteiger partial charge in [0.1, 0.15) is 0 Å². The van der Waals surface area contributed by atoms with E-state index < -0.39 is 0 Å². The molecule has 0 atom stereocenters. The van der Waals surface area contributed by atoms with Crippen LogP contribution in [0.4, 0.5) is 0 Å². The van der Waals surface area contributed by atoms with Gasteiger partial charge in [-0.1, -0.05) is 141 Å². The van der Waals surface area contributed by atoms with Crippen LogP contribution in [-0.2, 0) is 5.41 Å². The fourth-order valence-corrected chi connectivity index (χ4v) is 13.1. The Morgan fingerprint density at radius 2 is 0.738 bits per heavy atom. The van der Waals surface area contributed by atoms with E-state index in [9.17, 15) is 0 Å². The van der Waals surface area contributed by atoms with Crippen molar-refractivity contribution in [1.29, 1.82) is 0 Å². The molecule has 2 heterocycles. The Kier molecular flexibility index (Phi) is 6.96. The summed E-state index contributed by atoms with van der Waals surface area (Å²) in [5, 5.41) is 20.9. The van der Waals surface area contributed by atoms with E-state index in [-0.39, 0.29) is 5.41 Å². The molecule has 0 saturated carbocycles. The summed E-state index contributed by atoms with van der Waals surface area (Å²) in [4.78, 5) is 0. The zero-order valence-corrected chi connectivity index (χ0v) is 36.7. The molecule has 1 aliphatic rings. The third-order valence-electron chi connectivity index (χ3n) is 15.1. The normalized spacial score (nSPS) is 13.5. The van der Waals surface area contributed by atoms with E-state index in [1.165, 1.54) is 146 Å². The molecular formula is C63H39NS. The van der Waals surface area contributed by atoms with Crippen molar-refractivity contribution in [2.75, 3.05) is 0 Å². The van der Waals surface area contributed by atoms with Gasteiger partial charge in [-0.15, -0.1) is 11.3 Å². The van der Waals surface area contributed by atoms with Crippen molar-refractivity contribution in [3.8, 4) is 27.9 Å². The quantitative estimate of drug-likeness (QED) is 0.153. The molecule has 12 aromatic carbocycles. The van der Waals surface area contributed by atoms with Crippen LogP contribution < -0.4 is 0 Å². The predicted molar refractivity (Wildman–Crippen MR) is 282 cm³/mol. The van der Waals surface area contributed by atoms with Gasteiger partial charge in [0.15, 0.2) is 0 Å². The van der Waals surface area contributed by atoms with E-state index in [1.807, 2.05) is 11.3 Å². The fourth-order valence-electron chi connectivity index (χ4n) is 12.0. The first-order valence-corrected chi connectivity index (χ1v) is 23.6. The summed E-state index contributed by atoms with van der Waals surface area (Å²) in [5.74, 6) is 0. The highest BCUT2D eigenvalue weighted by Gasteiger charge is 2.37. The van der Waals surface area contributed by atoms with Crippen molar-refractivity contribution >= 4 is 118 Å². The Bertz CT molecular complexity index is 4440. The van der Waals surface area contributed by atoms with Gasteiger partial charge in [-0.2, -0.15) is 0 Å². The fraction of sp³-hybridized carbons (Fsp3) is 0.0476. The van der Waals surface area contributed by atoms with Crippen LogP contribution in [-0.4, -0.2) is 4.57 Å². The number of benzene rings is 12. The minimum absolute atomic E-state index is 0.171. The number of aromatic nitrogens is 1. The van der Waals surface area contributed by atoms with Crippen LogP contribution in [0.15, 0.2) is 200 Å². The lowest BCUT2D eigenvalue weighted by atomic mass is 9.80. The lowest BCUT2D eigenvalue weighted by Gasteiger charge is -2.23. The molecule has 1 aliphatic carbocycles. The average molecular weight is 842 g/mol. The molecule has 0 saturated heterocycles. The number of nitrogens with zero attached hydrogens (tertiary/aromatic N) is 1. The molecule has 0 fully saturated rings. The number of thiophene rings is 1. The molecule has 0 N–H and O–H groups in total. The highest BCUT2D eigenvalue weighted by Crippen LogP contribution is 2.54. The molecule has 0 unspecified atom stereocenters. The topological polar surface area (TPSA) is 4.93 Å². The first-order valence-electron chi connectivity index (χ1n) is 22.7. The Labute approximate surface area is 379 Å². The number of para-hydroxylation sites is 1. The zero-order valence-electron chi connectivity index (χ0n) is 35.9. The van der Waals surface area contributed by atoms with Crippen LogP contribution in [0.5, 0.6) is 0 Å². The van der Waals surface area contributed by atoms with Gasteiger partial charge in [0.25, 0.3) is 0 Å². The smallest absolute Gasteiger partial charge is 0.0541 e. The Hall–Kier alpha value is -7.78. The van der Waals surface area contributed by atoms with Gasteiger partial charge in [-0.05, 0) is 171 Å². The molecule has 2 aromatic heterocycles. The Morgan fingerprint density at radius 3 is 1.35 bits per heavy atom. The van der Waals surface area contributed by atoms with Gasteiger partial charge in [-0.3, -0.25) is 0 Å². The molecule has 0 amide bonds. The SMILES string of the molecule is CC1(C)c2cc3c4ccccc4c4ccccc4c3cc2-c2cc3c4ccccc4c4cc(-c5ccc6c(c5)c5ccccc5n6-c5ccc6sc7ccccc7c6c5)ccc4c3cc21. The van der Waals surface area contributed by atoms with Gasteiger partial charge in [0.2, 0.25) is 0 Å². The zero-order chi connectivity index (χ0) is 42.7. The van der Waals surface area contributed by atoms with Crippen molar-refractivity contribution in [3.63, 3.8) is 0 Å². The molecular weight excluding hydrogens is 803 g/mol. The molecule has 302 valence electrons. The highest BCUT2D eigenvalue weighted by atomic mass is 32.1. The average Bonchev–Trinajstić information content (AvgIpc) is 3.97. The van der Waals surface area contributed by atoms with Crippen molar-refractivity contribution in [2.45, 2.75) is 19.3 Å². The van der Waals surface area contributed by atoms with Crippen LogP contribution in [0.25, 0.3) is 135 Å². The molecule has 65 heavy (non-hydrogen) atoms. The highest BCUT2D eigenvalue weighted by molar-refractivity contribution is 7.25. The summed E-state index contributed by atoms with van der Waals surface area (Å²) >= 11 is 1.87. The minimum atomic E-state index is -0.171. The molecule has 15 rings (SSSR count). The Balaban J connectivity index is 0.919. The lowest BCUT2D eigenvalue weighted by molar-refractivity contribution is 0.662. The van der Waals surface area contributed by atoms with Crippen molar-refractivity contribution in [2.24, 2.45) is 0 Å². The van der Waals surface area contributed by atoms with E-state index in [2.05, 4.69) is 219 Å². The second-order valence-electron chi connectivity index (χ2n) is 18.8. The second-order valence-corrected chi connectivity index (χ2v) is 19.9. The maximum absolute atomic E-state index is 2.54. The maximum atomic E-state index is 2.54. The summed E-state index contributed by atoms with van der Waals surface area (Å²) in [6.07, 6.45) is 0. The number of fused-ring (bicyclic) bond motifs is 21. The van der Waals surface area contributed by atoms with Gasteiger partial charge in [-0.25, -0.2) is 0 Å². The van der Waals surface area contributed by atoms with Gasteiger partial charge >= 0.3 is 0 Å². The van der Waals surface area contributed by atoms with Crippen molar-refractivity contribution in [1.82, 2.24) is 4.57 Å². The van der Waals surface area contributed by atoms with Crippen LogP contribution in [0.3, 0.4) is 0 Å². The Morgan fingerprint density at radius 1 is 0.308 bits per heavy atom. The third kappa shape index (κ3) is 4.77.